The van der Waals surface area contributed by atoms with Gasteiger partial charge < -0.3 is 0 Å². The lowest BCUT2D eigenvalue weighted by molar-refractivity contribution is 0.0417. The third-order valence-corrected chi connectivity index (χ3v) is 1.11. The largest absolute Gasteiger partial charge is 0.292 e. The number of carbonyl (C=O) groups is 1. The molecule has 1 heterocycles. The highest BCUT2D eigenvalue weighted by molar-refractivity contribution is 5.91. The number of hydroxylamine groups is 1. The van der Waals surface area contributed by atoms with Crippen LogP contribution in [0.2, 0.25) is 0 Å². The fourth-order valence-electron chi connectivity index (χ4n) is 0.603. The third kappa shape index (κ3) is 2.21. The summed E-state index contributed by atoms with van der Waals surface area (Å²) in [6, 6.07) is 1.55. The van der Waals surface area contributed by atoms with E-state index < -0.39 is 0 Å². The van der Waals surface area contributed by atoms with E-state index in [4.69, 9.17) is 4.84 Å². The third-order valence-electron chi connectivity index (χ3n) is 1.11. The van der Waals surface area contributed by atoms with Crippen LogP contribution in [0.3, 0.4) is 0 Å². The van der Waals surface area contributed by atoms with Crippen molar-refractivity contribution in [2.24, 2.45) is 0 Å². The zero-order valence-corrected chi connectivity index (χ0v) is 6.41. The number of H-pyrrole nitrogens is 1. The normalized spacial score (nSPS) is 9.33. The molecule has 0 saturated heterocycles. The van der Waals surface area contributed by atoms with Crippen molar-refractivity contribution in [3.8, 4) is 0 Å². The molecule has 1 aromatic heterocycles. The smallest absolute Gasteiger partial charge is 0.273 e. The molecular formula is C7H9N3O2. The van der Waals surface area contributed by atoms with Crippen molar-refractivity contribution < 1.29 is 9.63 Å². The van der Waals surface area contributed by atoms with Crippen LogP contribution in [-0.2, 0) is 4.84 Å². The number of rotatable bonds is 4. The van der Waals surface area contributed by atoms with Gasteiger partial charge in [-0.15, -0.1) is 6.58 Å². The molecule has 0 aliphatic rings. The van der Waals surface area contributed by atoms with Crippen LogP contribution in [0.25, 0.3) is 0 Å². The van der Waals surface area contributed by atoms with E-state index in [0.717, 1.165) is 0 Å². The molecule has 0 saturated carbocycles. The van der Waals surface area contributed by atoms with Gasteiger partial charge in [-0.1, -0.05) is 6.08 Å². The Balaban J connectivity index is 2.34. The summed E-state index contributed by atoms with van der Waals surface area (Å²) >= 11 is 0. The maximum Gasteiger partial charge on any atom is 0.292 e. The SMILES string of the molecule is C=CCONC(=O)c1ccn[nH]1. The summed E-state index contributed by atoms with van der Waals surface area (Å²) in [5.41, 5.74) is 2.56. The highest BCUT2D eigenvalue weighted by atomic mass is 16.6. The Morgan fingerprint density at radius 1 is 1.92 bits per heavy atom. The molecule has 5 nitrogen and oxygen atoms in total. The molecule has 1 amide bonds. The maximum absolute atomic E-state index is 11.0. The molecule has 1 rings (SSSR count). The van der Waals surface area contributed by atoms with Crippen molar-refractivity contribution >= 4 is 5.91 Å². The first-order chi connectivity index (χ1) is 5.84. The standard InChI is InChI=1S/C7H9N3O2/c1-2-5-12-10-7(11)6-3-4-8-9-6/h2-4H,1,5H2,(H,8,9)(H,10,11). The van der Waals surface area contributed by atoms with Gasteiger partial charge in [0.2, 0.25) is 0 Å². The first-order valence-corrected chi connectivity index (χ1v) is 3.37. The summed E-state index contributed by atoms with van der Waals surface area (Å²) in [6.07, 6.45) is 3.02. The van der Waals surface area contributed by atoms with E-state index in [1.165, 1.54) is 12.3 Å². The van der Waals surface area contributed by atoms with Crippen molar-refractivity contribution in [2.75, 3.05) is 6.61 Å². The van der Waals surface area contributed by atoms with Crippen LogP contribution in [0.1, 0.15) is 10.5 Å². The number of hydrogen-bond acceptors (Lipinski definition) is 3. The van der Waals surface area contributed by atoms with Crippen LogP contribution in [0.15, 0.2) is 24.9 Å². The number of aromatic amines is 1. The van der Waals surface area contributed by atoms with Crippen molar-refractivity contribution in [2.45, 2.75) is 0 Å². The number of nitrogens with one attached hydrogen (secondary N) is 2. The van der Waals surface area contributed by atoms with Gasteiger partial charge in [0, 0.05) is 6.20 Å². The molecule has 0 fully saturated rings. The summed E-state index contributed by atoms with van der Waals surface area (Å²) in [6.45, 7) is 3.70. The molecule has 0 bridgehead atoms. The van der Waals surface area contributed by atoms with E-state index in [1.54, 1.807) is 6.07 Å². The number of aromatic nitrogens is 2. The number of hydrogen-bond donors (Lipinski definition) is 2. The molecule has 0 aliphatic carbocycles. The van der Waals surface area contributed by atoms with Crippen molar-refractivity contribution in [3.05, 3.63) is 30.6 Å². The van der Waals surface area contributed by atoms with Crippen LogP contribution >= 0.6 is 0 Å². The van der Waals surface area contributed by atoms with E-state index in [2.05, 4.69) is 22.3 Å². The van der Waals surface area contributed by atoms with Gasteiger partial charge >= 0.3 is 0 Å². The summed E-state index contributed by atoms with van der Waals surface area (Å²) in [5, 5.41) is 6.11. The second-order valence-electron chi connectivity index (χ2n) is 2.00. The molecule has 5 heteroatoms. The molecular weight excluding hydrogens is 158 g/mol. The lowest BCUT2D eigenvalue weighted by Gasteiger charge is -2.00. The molecule has 0 radical (unpaired) electrons. The number of carbonyl (C=O) groups excluding carboxylic acids is 1. The first-order valence-electron chi connectivity index (χ1n) is 3.37. The maximum atomic E-state index is 11.0. The minimum atomic E-state index is -0.352. The Kier molecular flexibility index (Phi) is 3.04. The van der Waals surface area contributed by atoms with Crippen LogP contribution < -0.4 is 5.48 Å². The average molecular weight is 167 g/mol. The Bertz CT molecular complexity index is 256. The summed E-state index contributed by atoms with van der Waals surface area (Å²) in [7, 11) is 0. The highest BCUT2D eigenvalue weighted by Crippen LogP contribution is 1.89. The van der Waals surface area contributed by atoms with Crippen molar-refractivity contribution in [1.29, 1.82) is 0 Å². The minimum Gasteiger partial charge on any atom is -0.273 e. The van der Waals surface area contributed by atoms with Gasteiger partial charge in [-0.25, -0.2) is 5.48 Å². The minimum absolute atomic E-state index is 0.278. The lowest BCUT2D eigenvalue weighted by atomic mass is 10.4. The fourth-order valence-corrected chi connectivity index (χ4v) is 0.603. The molecule has 0 atom stereocenters. The van der Waals surface area contributed by atoms with E-state index >= 15 is 0 Å². The van der Waals surface area contributed by atoms with E-state index in [0.29, 0.717) is 5.69 Å². The highest BCUT2D eigenvalue weighted by Gasteiger charge is 2.04. The molecule has 0 spiro atoms. The second-order valence-corrected chi connectivity index (χ2v) is 2.00. The Hall–Kier alpha value is -1.62. The first kappa shape index (κ1) is 8.48. The van der Waals surface area contributed by atoms with Gasteiger partial charge in [0.15, 0.2) is 0 Å². The van der Waals surface area contributed by atoms with Gasteiger partial charge in [0.05, 0.1) is 6.61 Å². The molecule has 0 unspecified atom stereocenters. The lowest BCUT2D eigenvalue weighted by Crippen LogP contribution is -2.24. The van der Waals surface area contributed by atoms with Gasteiger partial charge in [-0.05, 0) is 6.07 Å². The molecule has 12 heavy (non-hydrogen) atoms. The monoisotopic (exact) mass is 167 g/mol. The Morgan fingerprint density at radius 3 is 3.33 bits per heavy atom. The zero-order valence-electron chi connectivity index (χ0n) is 6.41. The number of nitrogens with zero attached hydrogens (tertiary/aromatic N) is 1. The van der Waals surface area contributed by atoms with Crippen molar-refractivity contribution in [1.82, 2.24) is 15.7 Å². The van der Waals surface area contributed by atoms with E-state index in [-0.39, 0.29) is 12.5 Å². The molecule has 1 aromatic rings. The van der Waals surface area contributed by atoms with Crippen LogP contribution in [0.5, 0.6) is 0 Å². The van der Waals surface area contributed by atoms with Gasteiger partial charge in [-0.3, -0.25) is 14.7 Å². The zero-order chi connectivity index (χ0) is 8.81. The van der Waals surface area contributed by atoms with Gasteiger partial charge in [0.1, 0.15) is 5.69 Å². The molecule has 64 valence electrons. The van der Waals surface area contributed by atoms with Crippen molar-refractivity contribution in [3.63, 3.8) is 0 Å². The van der Waals surface area contributed by atoms with Crippen LogP contribution in [0, 0.1) is 0 Å². The summed E-state index contributed by atoms with van der Waals surface area (Å²) < 4.78 is 0. The van der Waals surface area contributed by atoms with Gasteiger partial charge in [0.25, 0.3) is 5.91 Å². The van der Waals surface area contributed by atoms with E-state index in [1.807, 2.05) is 0 Å². The topological polar surface area (TPSA) is 67.0 Å². The predicted molar refractivity (Wildman–Crippen MR) is 42.2 cm³/mol. The second kappa shape index (κ2) is 4.30. The predicted octanol–water partition coefficient (Wildman–Crippen LogP) is 0.257. The Morgan fingerprint density at radius 2 is 2.75 bits per heavy atom. The van der Waals surface area contributed by atoms with Crippen LogP contribution in [0.4, 0.5) is 0 Å². The average Bonchev–Trinajstić information content (AvgIpc) is 2.56. The number of amides is 1. The van der Waals surface area contributed by atoms with Crippen LogP contribution in [-0.4, -0.2) is 22.7 Å². The summed E-state index contributed by atoms with van der Waals surface area (Å²) in [5.74, 6) is -0.352. The van der Waals surface area contributed by atoms with E-state index in [9.17, 15) is 4.79 Å². The quantitative estimate of drug-likeness (QED) is 0.384. The molecule has 2 N–H and O–H groups in total. The molecule has 0 aliphatic heterocycles. The molecule has 0 aromatic carbocycles. The summed E-state index contributed by atoms with van der Waals surface area (Å²) in [4.78, 5) is 15.7. The Labute approximate surface area is 69.4 Å². The fraction of sp³-hybridized carbons (Fsp3) is 0.143. The van der Waals surface area contributed by atoms with Gasteiger partial charge in [-0.2, -0.15) is 5.10 Å².